The van der Waals surface area contributed by atoms with Crippen molar-refractivity contribution in [3.05, 3.63) is 34.9 Å². The molecule has 0 aliphatic rings. The van der Waals surface area contributed by atoms with Crippen molar-refractivity contribution in [1.29, 1.82) is 0 Å². The maximum absolute atomic E-state index is 5.91. The van der Waals surface area contributed by atoms with Gasteiger partial charge >= 0.3 is 0 Å². The van der Waals surface area contributed by atoms with Gasteiger partial charge in [-0.05, 0) is 32.1 Å². The topological polar surface area (TPSA) is 35.2 Å². The molecule has 1 aromatic carbocycles. The van der Waals surface area contributed by atoms with Gasteiger partial charge in [-0.1, -0.05) is 31.0 Å². The fourth-order valence-electron chi connectivity index (χ4n) is 0.929. The molecule has 0 heterocycles. The van der Waals surface area contributed by atoms with Crippen molar-refractivity contribution in [2.75, 3.05) is 12.3 Å². The third kappa shape index (κ3) is 5.66. The molecular weight excluding hydrogens is 222 g/mol. The lowest BCUT2D eigenvalue weighted by Gasteiger charge is -2.06. The Kier molecular flexibility index (Phi) is 7.48. The lowest BCUT2D eigenvalue weighted by atomic mass is 10.3. The number of rotatable bonds is 3. The minimum atomic E-state index is 0.519. The molecule has 0 saturated carbocycles. The zero-order valence-corrected chi connectivity index (χ0v) is 11.1. The highest BCUT2D eigenvalue weighted by Crippen LogP contribution is 2.26. The van der Waals surface area contributed by atoms with Crippen molar-refractivity contribution in [3.8, 4) is 5.75 Å². The lowest BCUT2D eigenvalue weighted by Crippen LogP contribution is -1.96. The molecule has 3 heteroatoms. The average Bonchev–Trinajstić information content (AvgIpc) is 2.25. The molecule has 2 N–H and O–H groups in total. The monoisotopic (exact) mass is 241 g/mol. The summed E-state index contributed by atoms with van der Waals surface area (Å²) < 4.78 is 5.44. The predicted molar refractivity (Wildman–Crippen MR) is 72.1 cm³/mol. The van der Waals surface area contributed by atoms with Crippen LogP contribution in [0.25, 0.3) is 0 Å². The van der Waals surface area contributed by atoms with E-state index < -0.39 is 0 Å². The number of anilines is 1. The van der Waals surface area contributed by atoms with E-state index in [1.807, 2.05) is 33.8 Å². The highest BCUT2D eigenvalue weighted by Gasteiger charge is 2.00. The molecule has 0 spiro atoms. The second kappa shape index (κ2) is 8.05. The largest absolute Gasteiger partial charge is 0.488 e. The fourth-order valence-corrected chi connectivity index (χ4v) is 1.10. The summed E-state index contributed by atoms with van der Waals surface area (Å²) >= 11 is 5.91. The minimum Gasteiger partial charge on any atom is -0.488 e. The second-order valence-electron chi connectivity index (χ2n) is 3.28. The highest BCUT2D eigenvalue weighted by atomic mass is 35.5. The number of halogens is 1. The van der Waals surface area contributed by atoms with Crippen LogP contribution in [0, 0.1) is 0 Å². The summed E-state index contributed by atoms with van der Waals surface area (Å²) in [5, 5.41) is 0.585. The van der Waals surface area contributed by atoms with E-state index in [0.29, 0.717) is 23.1 Å². The Morgan fingerprint density at radius 1 is 1.38 bits per heavy atom. The third-order valence-electron chi connectivity index (χ3n) is 1.69. The van der Waals surface area contributed by atoms with E-state index in [2.05, 4.69) is 0 Å². The molecule has 16 heavy (non-hydrogen) atoms. The van der Waals surface area contributed by atoms with Crippen LogP contribution in [0.5, 0.6) is 5.75 Å². The van der Waals surface area contributed by atoms with Gasteiger partial charge in [0, 0.05) is 11.8 Å². The average molecular weight is 242 g/mol. The van der Waals surface area contributed by atoms with E-state index in [1.54, 1.807) is 18.2 Å². The predicted octanol–water partition coefficient (Wildman–Crippen LogP) is 4.29. The summed E-state index contributed by atoms with van der Waals surface area (Å²) in [7, 11) is 0. The van der Waals surface area contributed by atoms with Crippen LogP contribution in [-0.2, 0) is 0 Å². The summed E-state index contributed by atoms with van der Waals surface area (Å²) in [6.45, 7) is 8.56. The molecule has 0 saturated heterocycles. The number of hydrogen-bond donors (Lipinski definition) is 1. The Hall–Kier alpha value is -1.15. The molecule has 0 aliphatic heterocycles. The molecular formula is C13H20ClNO. The van der Waals surface area contributed by atoms with E-state index in [-0.39, 0.29) is 0 Å². The van der Waals surface area contributed by atoms with E-state index in [9.17, 15) is 0 Å². The van der Waals surface area contributed by atoms with Crippen LogP contribution in [0.1, 0.15) is 27.7 Å². The van der Waals surface area contributed by atoms with Gasteiger partial charge in [0.05, 0.1) is 5.02 Å². The molecule has 0 unspecified atom stereocenters. The SMILES string of the molecule is CC.CC(C)=CCOc1cc(N)ccc1Cl. The lowest BCUT2D eigenvalue weighted by molar-refractivity contribution is 0.362. The van der Waals surface area contributed by atoms with Crippen molar-refractivity contribution >= 4 is 17.3 Å². The molecule has 2 nitrogen and oxygen atoms in total. The molecule has 1 aromatic rings. The number of ether oxygens (including phenoxy) is 1. The van der Waals surface area contributed by atoms with Gasteiger partial charge in [-0.15, -0.1) is 0 Å². The van der Waals surface area contributed by atoms with Crippen LogP contribution in [0.3, 0.4) is 0 Å². The normalized spacial score (nSPS) is 8.81. The van der Waals surface area contributed by atoms with E-state index >= 15 is 0 Å². The Morgan fingerprint density at radius 2 is 2.00 bits per heavy atom. The molecule has 0 amide bonds. The van der Waals surface area contributed by atoms with Crippen molar-refractivity contribution in [2.45, 2.75) is 27.7 Å². The van der Waals surface area contributed by atoms with E-state index in [1.165, 1.54) is 5.57 Å². The van der Waals surface area contributed by atoms with Crippen LogP contribution in [0.4, 0.5) is 5.69 Å². The zero-order valence-electron chi connectivity index (χ0n) is 10.4. The highest BCUT2D eigenvalue weighted by molar-refractivity contribution is 6.32. The van der Waals surface area contributed by atoms with Gasteiger partial charge in [0.15, 0.2) is 0 Å². The minimum absolute atomic E-state index is 0.519. The smallest absolute Gasteiger partial charge is 0.140 e. The summed E-state index contributed by atoms with van der Waals surface area (Å²) in [6, 6.07) is 5.20. The maximum Gasteiger partial charge on any atom is 0.140 e. The summed E-state index contributed by atoms with van der Waals surface area (Å²) in [6.07, 6.45) is 1.99. The van der Waals surface area contributed by atoms with Crippen molar-refractivity contribution < 1.29 is 4.74 Å². The van der Waals surface area contributed by atoms with Crippen LogP contribution in [0.2, 0.25) is 5.02 Å². The van der Waals surface area contributed by atoms with Gasteiger partial charge in [0.25, 0.3) is 0 Å². The maximum atomic E-state index is 5.91. The Labute approximate surface area is 103 Å². The Bertz CT molecular complexity index is 344. The van der Waals surface area contributed by atoms with Gasteiger partial charge in [0.1, 0.15) is 12.4 Å². The molecule has 0 bridgehead atoms. The molecule has 90 valence electrons. The first-order valence-corrected chi connectivity index (χ1v) is 5.78. The summed E-state index contributed by atoms with van der Waals surface area (Å²) in [4.78, 5) is 0. The first kappa shape index (κ1) is 14.8. The Morgan fingerprint density at radius 3 is 2.56 bits per heavy atom. The Balaban J connectivity index is 0.00000106. The standard InChI is InChI=1S/C11H14ClNO.C2H6/c1-8(2)5-6-14-11-7-9(13)3-4-10(11)12;1-2/h3-5,7H,6,13H2,1-2H3;1-2H3. The van der Waals surface area contributed by atoms with Gasteiger partial charge < -0.3 is 10.5 Å². The molecule has 0 aromatic heterocycles. The van der Waals surface area contributed by atoms with Gasteiger partial charge in [0.2, 0.25) is 0 Å². The second-order valence-corrected chi connectivity index (χ2v) is 3.69. The van der Waals surface area contributed by atoms with Crippen LogP contribution >= 0.6 is 11.6 Å². The van der Waals surface area contributed by atoms with Crippen molar-refractivity contribution in [1.82, 2.24) is 0 Å². The molecule has 0 radical (unpaired) electrons. The van der Waals surface area contributed by atoms with Crippen molar-refractivity contribution in [2.24, 2.45) is 0 Å². The summed E-state index contributed by atoms with van der Waals surface area (Å²) in [5.41, 5.74) is 7.47. The molecule has 0 aliphatic carbocycles. The van der Waals surface area contributed by atoms with E-state index in [0.717, 1.165) is 0 Å². The number of nitrogen functional groups attached to an aromatic ring is 1. The first-order valence-electron chi connectivity index (χ1n) is 5.41. The molecule has 0 atom stereocenters. The van der Waals surface area contributed by atoms with Crippen LogP contribution < -0.4 is 10.5 Å². The fraction of sp³-hybridized carbons (Fsp3) is 0.385. The third-order valence-corrected chi connectivity index (χ3v) is 2.00. The molecule has 1 rings (SSSR count). The quantitative estimate of drug-likeness (QED) is 0.633. The van der Waals surface area contributed by atoms with Gasteiger partial charge in [-0.2, -0.15) is 0 Å². The van der Waals surface area contributed by atoms with Crippen LogP contribution in [0.15, 0.2) is 29.8 Å². The number of allylic oxidation sites excluding steroid dienone is 1. The molecule has 0 fully saturated rings. The van der Waals surface area contributed by atoms with E-state index in [4.69, 9.17) is 22.1 Å². The first-order chi connectivity index (χ1) is 7.59. The van der Waals surface area contributed by atoms with Crippen molar-refractivity contribution in [3.63, 3.8) is 0 Å². The van der Waals surface area contributed by atoms with Crippen LogP contribution in [-0.4, -0.2) is 6.61 Å². The number of hydrogen-bond acceptors (Lipinski definition) is 2. The number of nitrogens with two attached hydrogens (primary N) is 1. The summed E-state index contributed by atoms with van der Waals surface area (Å²) in [5.74, 6) is 0.629. The zero-order chi connectivity index (χ0) is 12.6. The van der Waals surface area contributed by atoms with Gasteiger partial charge in [-0.3, -0.25) is 0 Å². The van der Waals surface area contributed by atoms with Gasteiger partial charge in [-0.25, -0.2) is 0 Å². The number of benzene rings is 1.